The molecular formula is C15H24N2OS. The maximum Gasteiger partial charge on any atom is 0.234 e. The second-order valence-corrected chi connectivity index (χ2v) is 5.36. The highest BCUT2D eigenvalue weighted by Crippen LogP contribution is 2.16. The summed E-state index contributed by atoms with van der Waals surface area (Å²) in [7, 11) is 0. The van der Waals surface area contributed by atoms with Gasteiger partial charge in [0.05, 0.1) is 12.6 Å². The molecule has 0 saturated heterocycles. The van der Waals surface area contributed by atoms with Gasteiger partial charge in [0.15, 0.2) is 0 Å². The highest BCUT2D eigenvalue weighted by atomic mass is 32.2. The Kier molecular flexibility index (Phi) is 7.60. The van der Waals surface area contributed by atoms with E-state index in [1.807, 2.05) is 18.2 Å². The molecular weight excluding hydrogens is 256 g/mol. The van der Waals surface area contributed by atoms with Crippen molar-refractivity contribution in [2.24, 2.45) is 0 Å². The van der Waals surface area contributed by atoms with Crippen molar-refractivity contribution >= 4 is 17.7 Å². The molecule has 0 spiro atoms. The Labute approximate surface area is 120 Å². The van der Waals surface area contributed by atoms with Gasteiger partial charge in [0, 0.05) is 5.75 Å². The minimum absolute atomic E-state index is 0.0965. The average molecular weight is 280 g/mol. The van der Waals surface area contributed by atoms with E-state index in [9.17, 15) is 4.79 Å². The van der Waals surface area contributed by atoms with E-state index in [2.05, 4.69) is 42.5 Å². The number of hydrogen-bond donors (Lipinski definition) is 1. The van der Waals surface area contributed by atoms with Crippen LogP contribution in [-0.4, -0.2) is 42.4 Å². The first kappa shape index (κ1) is 16.1. The van der Waals surface area contributed by atoms with Crippen LogP contribution in [0.4, 0.5) is 0 Å². The van der Waals surface area contributed by atoms with Crippen LogP contribution in [0.15, 0.2) is 30.3 Å². The van der Waals surface area contributed by atoms with E-state index in [1.165, 1.54) is 5.56 Å². The Bertz CT molecular complexity index is 366. The molecule has 0 aliphatic heterocycles. The molecule has 0 unspecified atom stereocenters. The van der Waals surface area contributed by atoms with Crippen molar-refractivity contribution in [3.8, 4) is 0 Å². The lowest BCUT2D eigenvalue weighted by molar-refractivity contribution is -0.122. The number of benzene rings is 1. The number of rotatable bonds is 8. The molecule has 0 saturated carbocycles. The first-order valence-corrected chi connectivity index (χ1v) is 8.16. The standard InChI is InChI=1S/C15H24N2OS/c1-4-17(5-2)11-15(18)16-14(12-19-3)13-9-7-6-8-10-13/h6-10,14H,4-5,11-12H2,1-3H3,(H,16,18)/t14-/m0/s1. The summed E-state index contributed by atoms with van der Waals surface area (Å²) in [6.07, 6.45) is 2.06. The molecule has 1 aromatic rings. The Morgan fingerprint density at radius 3 is 2.42 bits per heavy atom. The highest BCUT2D eigenvalue weighted by Gasteiger charge is 2.15. The molecule has 1 amide bonds. The summed E-state index contributed by atoms with van der Waals surface area (Å²) < 4.78 is 0. The first-order chi connectivity index (χ1) is 9.21. The van der Waals surface area contributed by atoms with E-state index in [4.69, 9.17) is 0 Å². The van der Waals surface area contributed by atoms with Gasteiger partial charge >= 0.3 is 0 Å². The summed E-state index contributed by atoms with van der Waals surface area (Å²) in [5.74, 6) is 1.00. The third-order valence-corrected chi connectivity index (χ3v) is 3.80. The molecule has 0 fully saturated rings. The van der Waals surface area contributed by atoms with Gasteiger partial charge in [-0.05, 0) is 24.9 Å². The van der Waals surface area contributed by atoms with Crippen molar-refractivity contribution in [1.82, 2.24) is 10.2 Å². The fourth-order valence-corrected chi connectivity index (χ4v) is 2.57. The van der Waals surface area contributed by atoms with Crippen LogP contribution >= 0.6 is 11.8 Å². The van der Waals surface area contributed by atoms with E-state index in [0.717, 1.165) is 18.8 Å². The van der Waals surface area contributed by atoms with Gasteiger partial charge in [0.2, 0.25) is 5.91 Å². The van der Waals surface area contributed by atoms with Gasteiger partial charge in [-0.2, -0.15) is 11.8 Å². The van der Waals surface area contributed by atoms with Crippen LogP contribution in [0.25, 0.3) is 0 Å². The Hall–Kier alpha value is -1.00. The second-order valence-electron chi connectivity index (χ2n) is 4.45. The number of hydrogen-bond acceptors (Lipinski definition) is 3. The lowest BCUT2D eigenvalue weighted by Crippen LogP contribution is -2.39. The largest absolute Gasteiger partial charge is 0.347 e. The molecule has 3 nitrogen and oxygen atoms in total. The summed E-state index contributed by atoms with van der Waals surface area (Å²) in [4.78, 5) is 14.2. The van der Waals surface area contributed by atoms with Crippen LogP contribution in [0.1, 0.15) is 25.5 Å². The van der Waals surface area contributed by atoms with Crippen molar-refractivity contribution in [2.75, 3.05) is 31.6 Å². The topological polar surface area (TPSA) is 32.3 Å². The molecule has 0 radical (unpaired) electrons. The maximum absolute atomic E-state index is 12.1. The number of nitrogens with one attached hydrogen (secondary N) is 1. The fourth-order valence-electron chi connectivity index (χ4n) is 1.96. The van der Waals surface area contributed by atoms with Gasteiger partial charge in [-0.25, -0.2) is 0 Å². The van der Waals surface area contributed by atoms with Gasteiger partial charge in [0.1, 0.15) is 0 Å². The molecule has 1 atom stereocenters. The highest BCUT2D eigenvalue weighted by molar-refractivity contribution is 7.98. The van der Waals surface area contributed by atoms with Crippen LogP contribution in [0.2, 0.25) is 0 Å². The van der Waals surface area contributed by atoms with Gasteiger partial charge < -0.3 is 5.32 Å². The SMILES string of the molecule is CCN(CC)CC(=O)N[C@@H](CSC)c1ccccc1. The van der Waals surface area contributed by atoms with E-state index >= 15 is 0 Å². The lowest BCUT2D eigenvalue weighted by atomic mass is 10.1. The van der Waals surface area contributed by atoms with Crippen molar-refractivity contribution < 1.29 is 4.79 Å². The zero-order chi connectivity index (χ0) is 14.1. The van der Waals surface area contributed by atoms with Crippen molar-refractivity contribution in [3.63, 3.8) is 0 Å². The number of carbonyl (C=O) groups excluding carboxylic acids is 1. The molecule has 0 aliphatic carbocycles. The molecule has 0 aliphatic rings. The van der Waals surface area contributed by atoms with Crippen LogP contribution in [0.5, 0.6) is 0 Å². The number of thioether (sulfide) groups is 1. The average Bonchev–Trinajstić information content (AvgIpc) is 2.45. The van der Waals surface area contributed by atoms with E-state index < -0.39 is 0 Å². The summed E-state index contributed by atoms with van der Waals surface area (Å²) in [6.45, 7) is 6.44. The summed E-state index contributed by atoms with van der Waals surface area (Å²) in [5.41, 5.74) is 1.17. The van der Waals surface area contributed by atoms with E-state index in [-0.39, 0.29) is 11.9 Å². The van der Waals surface area contributed by atoms with Crippen LogP contribution < -0.4 is 5.32 Å². The molecule has 0 heterocycles. The Balaban J connectivity index is 2.61. The molecule has 1 rings (SSSR count). The monoisotopic (exact) mass is 280 g/mol. The third kappa shape index (κ3) is 5.66. The smallest absolute Gasteiger partial charge is 0.234 e. The molecule has 0 aromatic heterocycles. The van der Waals surface area contributed by atoms with Crippen molar-refractivity contribution in [1.29, 1.82) is 0 Å². The minimum Gasteiger partial charge on any atom is -0.347 e. The molecule has 106 valence electrons. The van der Waals surface area contributed by atoms with Crippen LogP contribution in [0.3, 0.4) is 0 Å². The van der Waals surface area contributed by atoms with Gasteiger partial charge in [-0.15, -0.1) is 0 Å². The van der Waals surface area contributed by atoms with Gasteiger partial charge in [-0.1, -0.05) is 44.2 Å². The van der Waals surface area contributed by atoms with Crippen LogP contribution in [-0.2, 0) is 4.79 Å². The second kappa shape index (κ2) is 8.99. The first-order valence-electron chi connectivity index (χ1n) is 6.76. The fraction of sp³-hybridized carbons (Fsp3) is 0.533. The van der Waals surface area contributed by atoms with Gasteiger partial charge in [0.25, 0.3) is 0 Å². The third-order valence-electron chi connectivity index (χ3n) is 3.13. The lowest BCUT2D eigenvalue weighted by Gasteiger charge is -2.22. The molecule has 0 bridgehead atoms. The molecule has 4 heteroatoms. The number of carbonyl (C=O) groups is 1. The number of nitrogens with zero attached hydrogens (tertiary/aromatic N) is 1. The normalized spacial score (nSPS) is 12.4. The maximum atomic E-state index is 12.1. The Morgan fingerprint density at radius 1 is 1.26 bits per heavy atom. The van der Waals surface area contributed by atoms with Crippen molar-refractivity contribution in [3.05, 3.63) is 35.9 Å². The Morgan fingerprint density at radius 2 is 1.89 bits per heavy atom. The van der Waals surface area contributed by atoms with Gasteiger partial charge in [-0.3, -0.25) is 9.69 Å². The molecule has 1 aromatic carbocycles. The number of amides is 1. The summed E-state index contributed by atoms with van der Waals surface area (Å²) >= 11 is 1.75. The summed E-state index contributed by atoms with van der Waals surface area (Å²) in [6, 6.07) is 10.3. The zero-order valence-corrected chi connectivity index (χ0v) is 12.9. The zero-order valence-electron chi connectivity index (χ0n) is 12.1. The molecule has 19 heavy (non-hydrogen) atoms. The summed E-state index contributed by atoms with van der Waals surface area (Å²) in [5, 5.41) is 3.13. The predicted octanol–water partition coefficient (Wildman–Crippen LogP) is 2.55. The predicted molar refractivity (Wildman–Crippen MR) is 83.5 cm³/mol. The number of likely N-dealkylation sites (N-methyl/N-ethyl adjacent to an activating group) is 1. The van der Waals surface area contributed by atoms with E-state index in [1.54, 1.807) is 11.8 Å². The van der Waals surface area contributed by atoms with Crippen molar-refractivity contribution in [2.45, 2.75) is 19.9 Å². The minimum atomic E-state index is 0.0965. The van der Waals surface area contributed by atoms with Crippen LogP contribution in [0, 0.1) is 0 Å². The van der Waals surface area contributed by atoms with E-state index in [0.29, 0.717) is 6.54 Å². The quantitative estimate of drug-likeness (QED) is 0.794. The molecule has 1 N–H and O–H groups in total.